The maximum Gasteiger partial charge on any atom is 0.419 e. The highest BCUT2D eigenvalue weighted by atomic mass is 32.2. The van der Waals surface area contributed by atoms with E-state index in [0.717, 1.165) is 48.3 Å². The highest BCUT2D eigenvalue weighted by Crippen LogP contribution is 2.34. The van der Waals surface area contributed by atoms with Crippen LogP contribution in [0.25, 0.3) is 0 Å². The Balaban J connectivity index is 1.54. The van der Waals surface area contributed by atoms with Gasteiger partial charge >= 0.3 is 6.18 Å². The molecule has 0 aliphatic carbocycles. The van der Waals surface area contributed by atoms with Gasteiger partial charge in [0.25, 0.3) is 5.91 Å². The van der Waals surface area contributed by atoms with Crippen molar-refractivity contribution >= 4 is 33.3 Å². The summed E-state index contributed by atoms with van der Waals surface area (Å²) in [6.45, 7) is 6.38. The summed E-state index contributed by atoms with van der Waals surface area (Å²) in [5.74, 6) is -0.0588. The molecule has 1 fully saturated rings. The molecule has 1 amide bonds. The fourth-order valence-electron chi connectivity index (χ4n) is 5.43. The molecule has 10 nitrogen and oxygen atoms in total. The first-order valence-corrected chi connectivity index (χ1v) is 16.5. The summed E-state index contributed by atoms with van der Waals surface area (Å²) in [4.78, 5) is 23.3. The smallest absolute Gasteiger partial charge is 0.419 e. The number of benzene rings is 2. The van der Waals surface area contributed by atoms with Crippen LogP contribution in [0, 0.1) is 6.92 Å². The van der Waals surface area contributed by atoms with Crippen molar-refractivity contribution in [2.45, 2.75) is 51.7 Å². The lowest BCUT2D eigenvalue weighted by molar-refractivity contribution is -0.138. The molecule has 0 bridgehead atoms. The molecule has 0 saturated carbocycles. The van der Waals surface area contributed by atoms with E-state index in [1.165, 1.54) is 14.2 Å². The summed E-state index contributed by atoms with van der Waals surface area (Å²) in [7, 11) is -0.774. The van der Waals surface area contributed by atoms with Crippen LogP contribution in [-0.4, -0.2) is 75.3 Å². The second-order valence-electron chi connectivity index (χ2n) is 11.1. The van der Waals surface area contributed by atoms with Crippen molar-refractivity contribution in [1.82, 2.24) is 20.2 Å². The van der Waals surface area contributed by atoms with Crippen molar-refractivity contribution in [3.05, 3.63) is 70.5 Å². The van der Waals surface area contributed by atoms with Crippen LogP contribution < -0.4 is 19.7 Å². The van der Waals surface area contributed by atoms with Crippen LogP contribution in [0.5, 0.6) is 5.75 Å². The minimum Gasteiger partial charge on any atom is -0.495 e. The highest BCUT2D eigenvalue weighted by Gasteiger charge is 2.35. The summed E-state index contributed by atoms with van der Waals surface area (Å²) in [6.07, 6.45) is -0.825. The molecule has 0 unspecified atom stereocenters. The summed E-state index contributed by atoms with van der Waals surface area (Å²) in [5.41, 5.74) is 1.25. The molecular formula is C31H39F3N6O4S. The van der Waals surface area contributed by atoms with Gasteiger partial charge in [0.15, 0.2) is 0 Å². The van der Waals surface area contributed by atoms with Crippen molar-refractivity contribution in [1.29, 1.82) is 0 Å². The normalized spacial score (nSPS) is 15.6. The first kappa shape index (κ1) is 34.0. The molecule has 2 aromatic carbocycles. The molecule has 244 valence electrons. The lowest BCUT2D eigenvalue weighted by Gasteiger charge is -2.23. The summed E-state index contributed by atoms with van der Waals surface area (Å²) < 4.78 is 72.8. The molecule has 1 atom stereocenters. The van der Waals surface area contributed by atoms with Gasteiger partial charge in [0.2, 0.25) is 16.0 Å². The van der Waals surface area contributed by atoms with Crippen molar-refractivity contribution in [3.63, 3.8) is 0 Å². The number of likely N-dealkylation sites (N-methyl/N-ethyl adjacent to an activating group) is 1. The van der Waals surface area contributed by atoms with Gasteiger partial charge in [-0.15, -0.1) is 0 Å². The molecule has 1 aliphatic heterocycles. The molecule has 0 radical (unpaired) electrons. The van der Waals surface area contributed by atoms with Crippen LogP contribution in [0.3, 0.4) is 0 Å². The zero-order chi connectivity index (χ0) is 32.9. The number of aryl methyl sites for hydroxylation is 3. The van der Waals surface area contributed by atoms with Crippen LogP contribution in [0.4, 0.5) is 30.5 Å². The Kier molecular flexibility index (Phi) is 10.6. The number of sulfonamides is 1. The fourth-order valence-corrected chi connectivity index (χ4v) is 5.95. The maximum atomic E-state index is 13.9. The predicted octanol–water partition coefficient (Wildman–Crippen LogP) is 4.95. The SMILES string of the molecule is CCN1CCC[C@H]1CNC(=O)c1ccc(Nc2ncc(C(F)(F)F)c(CCc3ccc(C)cc3N(C)S(C)(=O)=O)n2)c(OC)c1. The molecule has 1 saturated heterocycles. The van der Waals surface area contributed by atoms with Gasteiger partial charge in [-0.1, -0.05) is 19.1 Å². The van der Waals surface area contributed by atoms with E-state index in [1.807, 2.05) is 0 Å². The van der Waals surface area contributed by atoms with E-state index in [0.29, 0.717) is 35.1 Å². The Morgan fingerprint density at radius 3 is 2.60 bits per heavy atom. The van der Waals surface area contributed by atoms with E-state index in [9.17, 15) is 26.4 Å². The number of aromatic nitrogens is 2. The third kappa shape index (κ3) is 8.42. The molecule has 2 N–H and O–H groups in total. The number of halogens is 3. The number of ether oxygens (including phenoxy) is 1. The van der Waals surface area contributed by atoms with Gasteiger partial charge < -0.3 is 15.4 Å². The topological polar surface area (TPSA) is 117 Å². The van der Waals surface area contributed by atoms with Gasteiger partial charge in [0.1, 0.15) is 5.75 Å². The van der Waals surface area contributed by atoms with E-state index in [4.69, 9.17) is 4.74 Å². The number of carbonyl (C=O) groups excluding carboxylic acids is 1. The van der Waals surface area contributed by atoms with E-state index in [-0.39, 0.29) is 36.1 Å². The lowest BCUT2D eigenvalue weighted by atomic mass is 10.0. The van der Waals surface area contributed by atoms with Crippen LogP contribution in [0.1, 0.15) is 52.5 Å². The predicted molar refractivity (Wildman–Crippen MR) is 168 cm³/mol. The van der Waals surface area contributed by atoms with Crippen LogP contribution in [-0.2, 0) is 29.0 Å². The van der Waals surface area contributed by atoms with Crippen molar-refractivity contribution in [3.8, 4) is 5.75 Å². The van der Waals surface area contributed by atoms with Crippen LogP contribution >= 0.6 is 0 Å². The Labute approximate surface area is 262 Å². The van der Waals surface area contributed by atoms with Gasteiger partial charge in [0.05, 0.1) is 36.0 Å². The zero-order valence-electron chi connectivity index (χ0n) is 26.0. The Hall–Kier alpha value is -3.91. The fraction of sp³-hybridized carbons (Fsp3) is 0.452. The second-order valence-corrected chi connectivity index (χ2v) is 13.1. The Bertz CT molecular complexity index is 1630. The number of hydrogen-bond donors (Lipinski definition) is 2. The molecule has 0 spiro atoms. The molecule has 1 aliphatic rings. The van der Waals surface area contributed by atoms with E-state index in [2.05, 4.69) is 32.4 Å². The molecular weight excluding hydrogens is 609 g/mol. The van der Waals surface area contributed by atoms with Gasteiger partial charge in [0, 0.05) is 31.4 Å². The van der Waals surface area contributed by atoms with Gasteiger partial charge in [-0.3, -0.25) is 14.0 Å². The minimum absolute atomic E-state index is 0.0909. The minimum atomic E-state index is -4.70. The number of rotatable bonds is 12. The number of alkyl halides is 3. The number of hydrogen-bond acceptors (Lipinski definition) is 8. The van der Waals surface area contributed by atoms with Crippen LogP contribution in [0.2, 0.25) is 0 Å². The average molecular weight is 649 g/mol. The maximum absolute atomic E-state index is 13.9. The quantitative estimate of drug-likeness (QED) is 0.284. The first-order valence-electron chi connectivity index (χ1n) is 14.6. The molecule has 1 aromatic heterocycles. The Morgan fingerprint density at radius 2 is 1.93 bits per heavy atom. The van der Waals surface area contributed by atoms with E-state index >= 15 is 0 Å². The third-order valence-electron chi connectivity index (χ3n) is 8.00. The van der Waals surface area contributed by atoms with Crippen molar-refractivity contribution < 1.29 is 31.1 Å². The van der Waals surface area contributed by atoms with Gasteiger partial charge in [-0.2, -0.15) is 13.2 Å². The molecule has 3 aromatic rings. The van der Waals surface area contributed by atoms with Crippen molar-refractivity contribution in [2.24, 2.45) is 0 Å². The van der Waals surface area contributed by atoms with Crippen molar-refractivity contribution in [2.75, 3.05) is 49.7 Å². The lowest BCUT2D eigenvalue weighted by Crippen LogP contribution is -2.40. The molecule has 4 rings (SSSR count). The number of nitrogens with one attached hydrogen (secondary N) is 2. The van der Waals surface area contributed by atoms with E-state index < -0.39 is 21.8 Å². The number of likely N-dealkylation sites (tertiary alicyclic amines) is 1. The highest BCUT2D eigenvalue weighted by molar-refractivity contribution is 7.92. The zero-order valence-corrected chi connectivity index (χ0v) is 26.8. The largest absolute Gasteiger partial charge is 0.495 e. The number of carbonyl (C=O) groups is 1. The number of amides is 1. The monoisotopic (exact) mass is 648 g/mol. The van der Waals surface area contributed by atoms with Crippen LogP contribution in [0.15, 0.2) is 42.6 Å². The number of nitrogens with zero attached hydrogens (tertiary/aromatic N) is 4. The average Bonchev–Trinajstić information content (AvgIpc) is 3.45. The number of methoxy groups -OCH3 is 1. The van der Waals surface area contributed by atoms with Gasteiger partial charge in [-0.25, -0.2) is 18.4 Å². The summed E-state index contributed by atoms with van der Waals surface area (Å²) >= 11 is 0. The molecule has 14 heteroatoms. The third-order valence-corrected chi connectivity index (χ3v) is 9.19. The summed E-state index contributed by atoms with van der Waals surface area (Å²) in [5, 5.41) is 5.89. The van der Waals surface area contributed by atoms with E-state index in [1.54, 1.807) is 43.3 Å². The molecule has 2 heterocycles. The second kappa shape index (κ2) is 14.0. The number of anilines is 3. The van der Waals surface area contributed by atoms with Gasteiger partial charge in [-0.05, 0) is 81.1 Å². The first-order chi connectivity index (χ1) is 21.2. The molecule has 45 heavy (non-hydrogen) atoms. The Morgan fingerprint density at radius 1 is 1.18 bits per heavy atom. The summed E-state index contributed by atoms with van der Waals surface area (Å²) in [6, 6.07) is 10.2. The standard InChI is InChI=1S/C31H39F3N6O4S/c1-6-40-15-7-8-23(40)18-35-29(41)22-12-14-26(28(17-22)44-4)38-30-36-19-24(31(32,33)34)25(37-30)13-11-21-10-9-20(2)16-27(21)39(3)45(5,42)43/h9-10,12,14,16-17,19,23H,6-8,11,13,15,18H2,1-5H3,(H,35,41)(H,36,37,38)/t23-/m0/s1.